The smallest absolute Gasteiger partial charge is 0.107 e. The molecule has 0 aliphatic heterocycles. The van der Waals surface area contributed by atoms with Crippen molar-refractivity contribution in [2.24, 2.45) is 0 Å². The van der Waals surface area contributed by atoms with E-state index in [1.807, 2.05) is 0 Å². The lowest BCUT2D eigenvalue weighted by Gasteiger charge is -1.99. The molecule has 3 heteroatoms. The first-order chi connectivity index (χ1) is 4.77. The highest BCUT2D eigenvalue weighted by atomic mass is 16.8. The lowest BCUT2D eigenvalue weighted by molar-refractivity contribution is -0.850. The van der Waals surface area contributed by atoms with E-state index in [1.165, 1.54) is 5.57 Å². The summed E-state index contributed by atoms with van der Waals surface area (Å²) in [6.45, 7) is 4.65. The van der Waals surface area contributed by atoms with Crippen LogP contribution in [0.3, 0.4) is 0 Å². The SMILES string of the molecule is CC(C)=CCCCO[NH2+][O-]. The minimum absolute atomic E-state index is 0.489. The lowest BCUT2D eigenvalue weighted by atomic mass is 10.2. The highest BCUT2D eigenvalue weighted by molar-refractivity contribution is 4.92. The van der Waals surface area contributed by atoms with Crippen molar-refractivity contribution < 1.29 is 10.5 Å². The van der Waals surface area contributed by atoms with E-state index in [9.17, 15) is 5.21 Å². The second-order valence-electron chi connectivity index (χ2n) is 2.39. The molecule has 0 aromatic carbocycles. The van der Waals surface area contributed by atoms with E-state index in [2.05, 4.69) is 24.8 Å². The maximum absolute atomic E-state index is 9.66. The molecule has 0 amide bonds. The van der Waals surface area contributed by atoms with Crippen molar-refractivity contribution in [1.29, 1.82) is 0 Å². The van der Waals surface area contributed by atoms with Gasteiger partial charge < -0.3 is 5.21 Å². The molecule has 0 saturated carbocycles. The van der Waals surface area contributed by atoms with E-state index in [0.717, 1.165) is 12.8 Å². The van der Waals surface area contributed by atoms with E-state index in [1.54, 1.807) is 0 Å². The van der Waals surface area contributed by atoms with Gasteiger partial charge >= 0.3 is 0 Å². The van der Waals surface area contributed by atoms with Crippen LogP contribution in [0.5, 0.6) is 0 Å². The molecule has 0 bridgehead atoms. The quantitative estimate of drug-likeness (QED) is 0.352. The van der Waals surface area contributed by atoms with Crippen LogP contribution in [-0.2, 0) is 4.84 Å². The molecule has 0 atom stereocenters. The van der Waals surface area contributed by atoms with E-state index in [-0.39, 0.29) is 0 Å². The molecule has 0 heterocycles. The van der Waals surface area contributed by atoms with Crippen LogP contribution in [-0.4, -0.2) is 6.61 Å². The van der Waals surface area contributed by atoms with Gasteiger partial charge in [-0.3, -0.25) is 0 Å². The van der Waals surface area contributed by atoms with Gasteiger partial charge in [0.05, 0.1) is 0 Å². The largest absolute Gasteiger partial charge is 0.601 e. The van der Waals surface area contributed by atoms with Crippen LogP contribution in [0, 0.1) is 5.21 Å². The monoisotopic (exact) mass is 145 g/mol. The average molecular weight is 145 g/mol. The van der Waals surface area contributed by atoms with Gasteiger partial charge in [0.15, 0.2) is 0 Å². The number of quaternary nitrogens is 1. The highest BCUT2D eigenvalue weighted by Crippen LogP contribution is 1.95. The first-order valence-corrected chi connectivity index (χ1v) is 3.46. The summed E-state index contributed by atoms with van der Waals surface area (Å²) < 4.78 is 0. The molecule has 10 heavy (non-hydrogen) atoms. The Morgan fingerprint density at radius 2 is 2.30 bits per heavy atom. The van der Waals surface area contributed by atoms with Gasteiger partial charge in [0.2, 0.25) is 0 Å². The fourth-order valence-electron chi connectivity index (χ4n) is 0.606. The van der Waals surface area contributed by atoms with Crippen molar-refractivity contribution in [2.75, 3.05) is 6.61 Å². The predicted octanol–water partition coefficient (Wildman–Crippen LogP) is 0.726. The Balaban J connectivity index is 2.98. The second-order valence-corrected chi connectivity index (χ2v) is 2.39. The average Bonchev–Trinajstić information content (AvgIpc) is 1.87. The van der Waals surface area contributed by atoms with Crippen LogP contribution in [0.4, 0.5) is 0 Å². The number of rotatable bonds is 5. The summed E-state index contributed by atoms with van der Waals surface area (Å²) in [5, 5.41) is 9.66. The zero-order valence-electron chi connectivity index (χ0n) is 6.59. The third-order valence-electron chi connectivity index (χ3n) is 1.09. The molecule has 3 nitrogen and oxygen atoms in total. The summed E-state index contributed by atoms with van der Waals surface area (Å²) in [7, 11) is 0. The first kappa shape index (κ1) is 9.62. The van der Waals surface area contributed by atoms with Crippen molar-refractivity contribution in [3.8, 4) is 0 Å². The van der Waals surface area contributed by atoms with Gasteiger partial charge in [-0.05, 0) is 26.7 Å². The highest BCUT2D eigenvalue weighted by Gasteiger charge is 1.84. The predicted molar refractivity (Wildman–Crippen MR) is 39.9 cm³/mol. The zero-order chi connectivity index (χ0) is 7.82. The van der Waals surface area contributed by atoms with Crippen molar-refractivity contribution in [3.05, 3.63) is 16.9 Å². The van der Waals surface area contributed by atoms with Crippen LogP contribution >= 0.6 is 0 Å². The summed E-state index contributed by atoms with van der Waals surface area (Å²) in [5.74, 6) is 0. The maximum atomic E-state index is 9.66. The lowest BCUT2D eigenvalue weighted by Crippen LogP contribution is -2.76. The summed E-state index contributed by atoms with van der Waals surface area (Å²) >= 11 is 0. The van der Waals surface area contributed by atoms with Gasteiger partial charge in [0, 0.05) is 0 Å². The Kier molecular flexibility index (Phi) is 6.48. The van der Waals surface area contributed by atoms with Crippen molar-refractivity contribution in [3.63, 3.8) is 0 Å². The second kappa shape index (κ2) is 6.74. The fraction of sp³-hybridized carbons (Fsp3) is 0.714. The maximum Gasteiger partial charge on any atom is 0.107 e. The zero-order valence-corrected chi connectivity index (χ0v) is 6.59. The van der Waals surface area contributed by atoms with E-state index in [0.29, 0.717) is 12.3 Å². The summed E-state index contributed by atoms with van der Waals surface area (Å²) in [5.41, 5.74) is 1.80. The number of hydrogen-bond donors (Lipinski definition) is 1. The Morgan fingerprint density at radius 3 is 2.80 bits per heavy atom. The molecule has 0 saturated heterocycles. The molecular formula is C7H15NO2. The molecule has 0 aliphatic rings. The van der Waals surface area contributed by atoms with Gasteiger partial charge in [0.25, 0.3) is 0 Å². The molecule has 0 rings (SSSR count). The minimum Gasteiger partial charge on any atom is -0.601 e. The summed E-state index contributed by atoms with van der Waals surface area (Å²) in [6.07, 6.45) is 4.05. The molecule has 0 radical (unpaired) electrons. The molecule has 2 N–H and O–H groups in total. The summed E-state index contributed by atoms with van der Waals surface area (Å²) in [4.78, 5) is 4.51. The third-order valence-corrected chi connectivity index (χ3v) is 1.09. The number of nitrogens with two attached hydrogens (primary N) is 1. The van der Waals surface area contributed by atoms with E-state index < -0.39 is 0 Å². The van der Waals surface area contributed by atoms with E-state index >= 15 is 0 Å². The number of unbranched alkanes of at least 4 members (excludes halogenated alkanes) is 1. The number of allylic oxidation sites excluding steroid dienone is 2. The Morgan fingerprint density at radius 1 is 1.60 bits per heavy atom. The van der Waals surface area contributed by atoms with Gasteiger partial charge in [-0.25, -0.2) is 10.5 Å². The van der Waals surface area contributed by atoms with Crippen LogP contribution in [0.2, 0.25) is 0 Å². The third kappa shape index (κ3) is 7.62. The normalized spacial score (nSPS) is 9.50. The Hall–Kier alpha value is -0.380. The molecule has 0 aromatic rings. The number of hydrogen-bond acceptors (Lipinski definition) is 2. The van der Waals surface area contributed by atoms with Crippen molar-refractivity contribution >= 4 is 0 Å². The standard InChI is InChI=1S/C7H15NO2/c1-7(2)5-3-4-6-10-8-9/h5H,3-4,6,8H2,1-2H3. The molecule has 0 aliphatic carbocycles. The topological polar surface area (TPSA) is 48.9 Å². The molecule has 0 aromatic heterocycles. The molecule has 0 fully saturated rings. The van der Waals surface area contributed by atoms with E-state index in [4.69, 9.17) is 0 Å². The molecule has 0 unspecified atom stereocenters. The van der Waals surface area contributed by atoms with Crippen LogP contribution < -0.4 is 5.64 Å². The van der Waals surface area contributed by atoms with Crippen LogP contribution in [0.1, 0.15) is 26.7 Å². The van der Waals surface area contributed by atoms with Gasteiger partial charge in [-0.15, -0.1) is 0 Å². The van der Waals surface area contributed by atoms with Crippen LogP contribution in [0.15, 0.2) is 11.6 Å². The summed E-state index contributed by atoms with van der Waals surface area (Å²) in [6, 6.07) is 0. The molecular weight excluding hydrogens is 130 g/mol. The van der Waals surface area contributed by atoms with Gasteiger partial charge in [-0.1, -0.05) is 11.6 Å². The first-order valence-electron chi connectivity index (χ1n) is 3.46. The van der Waals surface area contributed by atoms with Crippen LogP contribution in [0.25, 0.3) is 0 Å². The van der Waals surface area contributed by atoms with Crippen molar-refractivity contribution in [1.82, 2.24) is 0 Å². The Labute approximate surface area is 61.6 Å². The Bertz CT molecular complexity index is 97.8. The minimum atomic E-state index is 0.489. The van der Waals surface area contributed by atoms with Crippen molar-refractivity contribution in [2.45, 2.75) is 26.7 Å². The van der Waals surface area contributed by atoms with Gasteiger partial charge in [0.1, 0.15) is 6.61 Å². The fourth-order valence-corrected chi connectivity index (χ4v) is 0.606. The van der Waals surface area contributed by atoms with Gasteiger partial charge in [-0.2, -0.15) is 0 Å². The molecule has 60 valence electrons. The molecule has 0 spiro atoms.